The van der Waals surface area contributed by atoms with Crippen LogP contribution in [0.1, 0.15) is 29.8 Å². The molecule has 0 fully saturated rings. The fourth-order valence-electron chi connectivity index (χ4n) is 2.08. The molecule has 1 aromatic carbocycles. The van der Waals surface area contributed by atoms with E-state index in [1.165, 1.54) is 11.1 Å². The highest BCUT2D eigenvalue weighted by Gasteiger charge is 2.10. The third-order valence-corrected chi connectivity index (χ3v) is 3.58. The van der Waals surface area contributed by atoms with Crippen LogP contribution in [0.2, 0.25) is 5.02 Å². The number of likely N-dealkylation sites (N-methyl/N-ethyl adjacent to an activating group) is 1. The van der Waals surface area contributed by atoms with Crippen molar-refractivity contribution in [3.63, 3.8) is 0 Å². The molecule has 2 nitrogen and oxygen atoms in total. The minimum Gasteiger partial charge on any atom is -0.313 e. The minimum atomic E-state index is 0.261. The number of aromatic nitrogens is 1. The quantitative estimate of drug-likeness (QED) is 0.897. The molecule has 0 radical (unpaired) electrons. The molecular formula is C16H19ClN2. The summed E-state index contributed by atoms with van der Waals surface area (Å²) in [5.74, 6) is 0. The predicted molar refractivity (Wildman–Crippen MR) is 80.6 cm³/mol. The van der Waals surface area contributed by atoms with E-state index in [4.69, 9.17) is 11.6 Å². The van der Waals surface area contributed by atoms with Crippen LogP contribution in [0.4, 0.5) is 0 Å². The van der Waals surface area contributed by atoms with Crippen molar-refractivity contribution < 1.29 is 0 Å². The van der Waals surface area contributed by atoms with Gasteiger partial charge in [-0.1, -0.05) is 36.7 Å². The maximum atomic E-state index is 5.92. The highest BCUT2D eigenvalue weighted by atomic mass is 35.5. The third kappa shape index (κ3) is 3.79. The molecule has 0 spiro atoms. The van der Waals surface area contributed by atoms with E-state index in [1.807, 2.05) is 25.4 Å². The highest BCUT2D eigenvalue weighted by molar-refractivity contribution is 6.30. The lowest BCUT2D eigenvalue weighted by Gasteiger charge is -2.16. The van der Waals surface area contributed by atoms with Crippen LogP contribution in [0.5, 0.6) is 0 Å². The average Bonchev–Trinajstić information content (AvgIpc) is 2.46. The van der Waals surface area contributed by atoms with Crippen molar-refractivity contribution in [2.24, 2.45) is 0 Å². The van der Waals surface area contributed by atoms with Crippen molar-refractivity contribution in [2.45, 2.75) is 25.8 Å². The van der Waals surface area contributed by atoms with Gasteiger partial charge in [-0.2, -0.15) is 0 Å². The van der Waals surface area contributed by atoms with Gasteiger partial charge in [-0.25, -0.2) is 0 Å². The van der Waals surface area contributed by atoms with Crippen LogP contribution in [-0.2, 0) is 12.8 Å². The summed E-state index contributed by atoms with van der Waals surface area (Å²) in [6.07, 6.45) is 3.87. The number of benzene rings is 1. The van der Waals surface area contributed by atoms with Gasteiger partial charge in [-0.05, 0) is 42.8 Å². The first kappa shape index (κ1) is 14.0. The van der Waals surface area contributed by atoms with Crippen LogP contribution in [0.15, 0.2) is 42.6 Å². The number of hydrogen-bond donors (Lipinski definition) is 1. The fourth-order valence-corrected chi connectivity index (χ4v) is 2.20. The van der Waals surface area contributed by atoms with Crippen LogP contribution in [0, 0.1) is 0 Å². The molecule has 1 atom stereocenters. The topological polar surface area (TPSA) is 24.9 Å². The van der Waals surface area contributed by atoms with Gasteiger partial charge in [-0.15, -0.1) is 0 Å². The molecule has 3 heteroatoms. The molecule has 1 heterocycles. The summed E-state index contributed by atoms with van der Waals surface area (Å²) in [5, 5.41) is 4.10. The van der Waals surface area contributed by atoms with E-state index >= 15 is 0 Å². The number of halogens is 1. The van der Waals surface area contributed by atoms with Crippen molar-refractivity contribution in [1.29, 1.82) is 0 Å². The van der Waals surface area contributed by atoms with Crippen LogP contribution in [0.3, 0.4) is 0 Å². The molecule has 0 saturated carbocycles. The maximum Gasteiger partial charge on any atom is 0.0422 e. The smallest absolute Gasteiger partial charge is 0.0422 e. The largest absolute Gasteiger partial charge is 0.313 e. The maximum absolute atomic E-state index is 5.92. The van der Waals surface area contributed by atoms with Gasteiger partial charge < -0.3 is 5.32 Å². The Morgan fingerprint density at radius 1 is 1.16 bits per heavy atom. The number of nitrogens with one attached hydrogen (secondary N) is 1. The number of rotatable bonds is 5. The third-order valence-electron chi connectivity index (χ3n) is 3.33. The van der Waals surface area contributed by atoms with Crippen LogP contribution < -0.4 is 5.32 Å². The molecule has 0 saturated heterocycles. The summed E-state index contributed by atoms with van der Waals surface area (Å²) >= 11 is 5.92. The summed E-state index contributed by atoms with van der Waals surface area (Å²) in [6, 6.07) is 12.5. The summed E-state index contributed by atoms with van der Waals surface area (Å²) in [4.78, 5) is 4.51. The van der Waals surface area contributed by atoms with Gasteiger partial charge in [0, 0.05) is 29.4 Å². The molecule has 1 N–H and O–H groups in total. The zero-order valence-electron chi connectivity index (χ0n) is 11.4. The number of pyridine rings is 1. The van der Waals surface area contributed by atoms with Crippen molar-refractivity contribution in [3.05, 3.63) is 64.4 Å². The lowest BCUT2D eigenvalue weighted by Crippen LogP contribution is -2.19. The Hall–Kier alpha value is -1.38. The molecule has 0 aliphatic carbocycles. The standard InChI is InChI=1S/C16H19ClN2/c1-3-12-4-9-15(19-11-12)10-16(18-2)13-5-7-14(17)8-6-13/h4-9,11,16,18H,3,10H2,1-2H3. The SMILES string of the molecule is CCc1ccc(CC(NC)c2ccc(Cl)cc2)nc1. The van der Waals surface area contributed by atoms with E-state index in [2.05, 4.69) is 41.5 Å². The monoisotopic (exact) mass is 274 g/mol. The zero-order chi connectivity index (χ0) is 13.7. The first-order chi connectivity index (χ1) is 9.22. The molecule has 2 aromatic rings. The van der Waals surface area contributed by atoms with Crippen molar-refractivity contribution in [1.82, 2.24) is 10.3 Å². The first-order valence-electron chi connectivity index (χ1n) is 6.59. The molecule has 0 aliphatic heterocycles. The molecule has 100 valence electrons. The molecule has 0 bridgehead atoms. The lowest BCUT2D eigenvalue weighted by atomic mass is 10.0. The predicted octanol–water partition coefficient (Wildman–Crippen LogP) is 3.80. The molecule has 1 unspecified atom stereocenters. The Morgan fingerprint density at radius 2 is 1.89 bits per heavy atom. The van der Waals surface area contributed by atoms with Gasteiger partial charge in [-0.3, -0.25) is 4.98 Å². The van der Waals surface area contributed by atoms with Gasteiger partial charge in [0.2, 0.25) is 0 Å². The van der Waals surface area contributed by atoms with Crippen LogP contribution in [-0.4, -0.2) is 12.0 Å². The van der Waals surface area contributed by atoms with E-state index in [1.54, 1.807) is 0 Å². The van der Waals surface area contributed by atoms with Crippen molar-refractivity contribution >= 4 is 11.6 Å². The number of hydrogen-bond acceptors (Lipinski definition) is 2. The summed E-state index contributed by atoms with van der Waals surface area (Å²) < 4.78 is 0. The van der Waals surface area contributed by atoms with Gasteiger partial charge >= 0.3 is 0 Å². The molecular weight excluding hydrogens is 256 g/mol. The van der Waals surface area contributed by atoms with E-state index in [0.29, 0.717) is 0 Å². The lowest BCUT2D eigenvalue weighted by molar-refractivity contribution is 0.584. The molecule has 2 rings (SSSR count). The van der Waals surface area contributed by atoms with Crippen molar-refractivity contribution in [2.75, 3.05) is 7.05 Å². The summed E-state index contributed by atoms with van der Waals surface area (Å²) in [5.41, 5.74) is 3.61. The fraction of sp³-hybridized carbons (Fsp3) is 0.312. The van der Waals surface area contributed by atoms with Crippen LogP contribution in [0.25, 0.3) is 0 Å². The number of aryl methyl sites for hydroxylation is 1. The molecule has 0 amide bonds. The average molecular weight is 275 g/mol. The molecule has 1 aromatic heterocycles. The second-order valence-electron chi connectivity index (χ2n) is 4.61. The summed E-state index contributed by atoms with van der Waals surface area (Å²) in [7, 11) is 1.97. The second kappa shape index (κ2) is 6.69. The zero-order valence-corrected chi connectivity index (χ0v) is 12.1. The Bertz CT molecular complexity index is 505. The Morgan fingerprint density at radius 3 is 2.42 bits per heavy atom. The Balaban J connectivity index is 2.11. The van der Waals surface area contributed by atoms with Gasteiger partial charge in [0.25, 0.3) is 0 Å². The van der Waals surface area contributed by atoms with Crippen LogP contribution >= 0.6 is 11.6 Å². The first-order valence-corrected chi connectivity index (χ1v) is 6.97. The van der Waals surface area contributed by atoms with Crippen molar-refractivity contribution in [3.8, 4) is 0 Å². The van der Waals surface area contributed by atoms with E-state index in [0.717, 1.165) is 23.6 Å². The summed E-state index contributed by atoms with van der Waals surface area (Å²) in [6.45, 7) is 2.14. The van der Waals surface area contributed by atoms with Gasteiger partial charge in [0.15, 0.2) is 0 Å². The second-order valence-corrected chi connectivity index (χ2v) is 5.04. The van der Waals surface area contributed by atoms with E-state index in [-0.39, 0.29) is 6.04 Å². The van der Waals surface area contributed by atoms with E-state index in [9.17, 15) is 0 Å². The minimum absolute atomic E-state index is 0.261. The molecule has 0 aliphatic rings. The van der Waals surface area contributed by atoms with E-state index < -0.39 is 0 Å². The normalized spacial score (nSPS) is 12.4. The Labute approximate surface area is 119 Å². The van der Waals surface area contributed by atoms with Gasteiger partial charge in [0.05, 0.1) is 0 Å². The highest BCUT2D eigenvalue weighted by Crippen LogP contribution is 2.19. The Kier molecular flexibility index (Phi) is 4.94. The number of nitrogens with zero attached hydrogens (tertiary/aromatic N) is 1. The van der Waals surface area contributed by atoms with Gasteiger partial charge in [0.1, 0.15) is 0 Å². The molecule has 19 heavy (non-hydrogen) atoms.